The number of benzene rings is 1. The summed E-state index contributed by atoms with van der Waals surface area (Å²) in [5.41, 5.74) is 0.963. The van der Waals surface area contributed by atoms with Crippen LogP contribution in [0.4, 0.5) is 0 Å². The van der Waals surface area contributed by atoms with E-state index < -0.39 is 22.2 Å². The summed E-state index contributed by atoms with van der Waals surface area (Å²) in [5, 5.41) is 3.53. The van der Waals surface area contributed by atoms with Crippen LogP contribution in [-0.2, 0) is 31.1 Å². The van der Waals surface area contributed by atoms with Crippen molar-refractivity contribution in [3.8, 4) is 0 Å². The third-order valence-electron chi connectivity index (χ3n) is 5.19. The van der Waals surface area contributed by atoms with Gasteiger partial charge in [-0.2, -0.15) is 17.4 Å². The predicted octanol–water partition coefficient (Wildman–Crippen LogP) is 2.09. The highest BCUT2D eigenvalue weighted by molar-refractivity contribution is 7.87. The van der Waals surface area contributed by atoms with Crippen molar-refractivity contribution in [2.75, 3.05) is 20.2 Å². The zero-order valence-electron chi connectivity index (χ0n) is 17.6. The molecule has 1 amide bonds. The van der Waals surface area contributed by atoms with Crippen LogP contribution in [-0.4, -0.2) is 50.8 Å². The number of nitrogens with zero attached hydrogens (tertiary/aromatic N) is 1. The molecule has 1 aliphatic rings. The van der Waals surface area contributed by atoms with Gasteiger partial charge in [-0.1, -0.05) is 37.6 Å². The van der Waals surface area contributed by atoms with Gasteiger partial charge in [0.2, 0.25) is 5.91 Å². The first-order valence-electron chi connectivity index (χ1n) is 9.98. The van der Waals surface area contributed by atoms with Crippen LogP contribution in [0.1, 0.15) is 38.7 Å². The normalized spacial score (nSPS) is 17.0. The van der Waals surface area contributed by atoms with E-state index in [1.54, 1.807) is 26.0 Å². The highest BCUT2D eigenvalue weighted by atomic mass is 35.5. The number of piperidine rings is 1. The van der Waals surface area contributed by atoms with E-state index in [4.69, 9.17) is 16.3 Å². The second kappa shape index (κ2) is 11.1. The molecule has 0 saturated carbocycles. The van der Waals surface area contributed by atoms with Gasteiger partial charge in [0.15, 0.2) is 0 Å². The summed E-state index contributed by atoms with van der Waals surface area (Å²) in [6, 6.07) is 6.33. The maximum absolute atomic E-state index is 12.7. The Morgan fingerprint density at radius 2 is 1.80 bits per heavy atom. The summed E-state index contributed by atoms with van der Waals surface area (Å²) in [7, 11) is -2.58. The first-order valence-corrected chi connectivity index (χ1v) is 11.8. The molecule has 0 aromatic heterocycles. The third kappa shape index (κ3) is 7.23. The van der Waals surface area contributed by atoms with E-state index in [2.05, 4.69) is 10.0 Å². The van der Waals surface area contributed by atoms with E-state index in [0.29, 0.717) is 43.9 Å². The Balaban J connectivity index is 1.81. The Kier molecular flexibility index (Phi) is 9.09. The van der Waals surface area contributed by atoms with Crippen molar-refractivity contribution in [3.63, 3.8) is 0 Å². The smallest absolute Gasteiger partial charge is 0.324 e. The first kappa shape index (κ1) is 24.6. The molecule has 8 nitrogen and oxygen atoms in total. The fourth-order valence-corrected chi connectivity index (χ4v) is 4.97. The van der Waals surface area contributed by atoms with E-state index in [0.717, 1.165) is 5.56 Å². The lowest BCUT2D eigenvalue weighted by atomic mass is 9.94. The van der Waals surface area contributed by atoms with Gasteiger partial charge in [0.05, 0.1) is 7.11 Å². The molecule has 1 aromatic rings. The fourth-order valence-electron chi connectivity index (χ4n) is 3.31. The van der Waals surface area contributed by atoms with Gasteiger partial charge >= 0.3 is 5.97 Å². The fraction of sp³-hybridized carbons (Fsp3) is 0.600. The summed E-state index contributed by atoms with van der Waals surface area (Å²) in [6.45, 7) is 4.53. The minimum Gasteiger partial charge on any atom is -0.468 e. The van der Waals surface area contributed by atoms with Crippen LogP contribution >= 0.6 is 11.6 Å². The van der Waals surface area contributed by atoms with Crippen molar-refractivity contribution in [1.29, 1.82) is 0 Å². The molecule has 2 rings (SSSR count). The molecule has 0 aliphatic carbocycles. The number of halogens is 1. The second-order valence-corrected chi connectivity index (χ2v) is 9.96. The van der Waals surface area contributed by atoms with Gasteiger partial charge in [-0.3, -0.25) is 9.59 Å². The van der Waals surface area contributed by atoms with Gasteiger partial charge in [0.25, 0.3) is 10.2 Å². The Hall–Kier alpha value is -1.68. The van der Waals surface area contributed by atoms with Crippen LogP contribution in [0.3, 0.4) is 0 Å². The number of hydrogen-bond donors (Lipinski definition) is 2. The van der Waals surface area contributed by atoms with E-state index in [-0.39, 0.29) is 17.7 Å². The van der Waals surface area contributed by atoms with Gasteiger partial charge in [0.1, 0.15) is 6.04 Å². The molecule has 1 aromatic carbocycles. The summed E-state index contributed by atoms with van der Waals surface area (Å²) < 4.78 is 33.8. The van der Waals surface area contributed by atoms with Gasteiger partial charge in [-0.15, -0.1) is 0 Å². The molecule has 0 spiro atoms. The molecule has 1 atom stereocenters. The molecule has 168 valence electrons. The predicted molar refractivity (Wildman–Crippen MR) is 115 cm³/mol. The SMILES string of the molecule is COC(=O)[C@H](NS(=O)(=O)N1CCC(CC(=O)NCc2ccc(Cl)cc2)CC1)C(C)C. The summed E-state index contributed by atoms with van der Waals surface area (Å²) in [6.07, 6.45) is 1.52. The number of amides is 1. The molecule has 1 aliphatic heterocycles. The van der Waals surface area contributed by atoms with Crippen LogP contribution in [0.2, 0.25) is 5.02 Å². The van der Waals surface area contributed by atoms with Crippen LogP contribution in [0, 0.1) is 11.8 Å². The van der Waals surface area contributed by atoms with Crippen LogP contribution in [0.15, 0.2) is 24.3 Å². The van der Waals surface area contributed by atoms with Gasteiger partial charge in [0, 0.05) is 31.1 Å². The molecule has 0 radical (unpaired) electrons. The van der Waals surface area contributed by atoms with Crippen molar-refractivity contribution < 1.29 is 22.7 Å². The zero-order chi connectivity index (χ0) is 22.3. The molecule has 0 bridgehead atoms. The molecule has 10 heteroatoms. The first-order chi connectivity index (χ1) is 14.1. The van der Waals surface area contributed by atoms with Gasteiger partial charge in [-0.05, 0) is 42.4 Å². The highest BCUT2D eigenvalue weighted by Crippen LogP contribution is 2.22. The Labute approximate surface area is 183 Å². The third-order valence-corrected chi connectivity index (χ3v) is 7.04. The number of nitrogens with one attached hydrogen (secondary N) is 2. The lowest BCUT2D eigenvalue weighted by Crippen LogP contribution is -2.52. The van der Waals surface area contributed by atoms with Crippen LogP contribution in [0.25, 0.3) is 0 Å². The van der Waals surface area contributed by atoms with Crippen LogP contribution < -0.4 is 10.0 Å². The van der Waals surface area contributed by atoms with Gasteiger partial charge < -0.3 is 10.1 Å². The Morgan fingerprint density at radius 3 is 2.33 bits per heavy atom. The van der Waals surface area contributed by atoms with Crippen molar-refractivity contribution in [2.24, 2.45) is 11.8 Å². The van der Waals surface area contributed by atoms with E-state index >= 15 is 0 Å². The number of esters is 1. The molecule has 1 saturated heterocycles. The number of carbonyl (C=O) groups excluding carboxylic acids is 2. The van der Waals surface area contributed by atoms with E-state index in [1.165, 1.54) is 11.4 Å². The number of methoxy groups -OCH3 is 1. The van der Waals surface area contributed by atoms with Crippen molar-refractivity contribution >= 4 is 33.7 Å². The number of rotatable bonds is 9. The largest absolute Gasteiger partial charge is 0.468 e. The minimum atomic E-state index is -3.81. The molecule has 30 heavy (non-hydrogen) atoms. The molecule has 0 unspecified atom stereocenters. The molecular formula is C20H30ClN3O5S. The maximum Gasteiger partial charge on any atom is 0.324 e. The summed E-state index contributed by atoms with van der Waals surface area (Å²) in [4.78, 5) is 24.1. The number of ether oxygens (including phenoxy) is 1. The van der Waals surface area contributed by atoms with Crippen molar-refractivity contribution in [3.05, 3.63) is 34.9 Å². The average Bonchev–Trinajstić information content (AvgIpc) is 2.71. The van der Waals surface area contributed by atoms with E-state index in [1.807, 2.05) is 12.1 Å². The van der Waals surface area contributed by atoms with Crippen LogP contribution in [0.5, 0.6) is 0 Å². The quantitative estimate of drug-likeness (QED) is 0.550. The number of carbonyl (C=O) groups is 2. The maximum atomic E-state index is 12.7. The molecular weight excluding hydrogens is 430 g/mol. The highest BCUT2D eigenvalue weighted by Gasteiger charge is 2.34. The lowest BCUT2D eigenvalue weighted by molar-refractivity contribution is -0.143. The monoisotopic (exact) mass is 459 g/mol. The second-order valence-electron chi connectivity index (χ2n) is 7.82. The van der Waals surface area contributed by atoms with E-state index in [9.17, 15) is 18.0 Å². The lowest BCUT2D eigenvalue weighted by Gasteiger charge is -2.32. The Bertz CT molecular complexity index is 821. The standard InChI is InChI=1S/C20H30ClN3O5S/c1-14(2)19(20(26)29-3)23-30(27,28)24-10-8-15(9-11-24)12-18(25)22-13-16-4-6-17(21)7-5-16/h4-7,14-15,19,23H,8-13H2,1-3H3,(H,22,25)/t19-/m1/s1. The zero-order valence-corrected chi connectivity index (χ0v) is 19.1. The Morgan fingerprint density at radius 1 is 1.20 bits per heavy atom. The molecule has 1 fully saturated rings. The molecule has 2 N–H and O–H groups in total. The minimum absolute atomic E-state index is 0.0602. The summed E-state index contributed by atoms with van der Waals surface area (Å²) in [5.74, 6) is -0.798. The van der Waals surface area contributed by atoms with Crippen molar-refractivity contribution in [1.82, 2.24) is 14.3 Å². The average molecular weight is 460 g/mol. The van der Waals surface area contributed by atoms with Crippen molar-refractivity contribution in [2.45, 2.75) is 45.7 Å². The topological polar surface area (TPSA) is 105 Å². The molecule has 1 heterocycles. The van der Waals surface area contributed by atoms with Gasteiger partial charge in [-0.25, -0.2) is 0 Å². The number of hydrogen-bond acceptors (Lipinski definition) is 5. The summed E-state index contributed by atoms with van der Waals surface area (Å²) >= 11 is 5.85.